The van der Waals surface area contributed by atoms with E-state index in [0.717, 1.165) is 32.6 Å². The summed E-state index contributed by atoms with van der Waals surface area (Å²) in [4.78, 5) is 9.40. The minimum atomic E-state index is 1.00. The molecule has 2 heterocycles. The highest BCUT2D eigenvalue weighted by Crippen LogP contribution is 2.31. The number of hydrogen-bond acceptors (Lipinski definition) is 4. The van der Waals surface area contributed by atoms with Crippen LogP contribution in [0, 0.1) is 0 Å². The van der Waals surface area contributed by atoms with Crippen molar-refractivity contribution >= 4 is 32.4 Å². The summed E-state index contributed by atoms with van der Waals surface area (Å²) in [6.45, 7) is 6.62. The highest BCUT2D eigenvalue weighted by Gasteiger charge is 2.18. The summed E-state index contributed by atoms with van der Waals surface area (Å²) in [6.07, 6.45) is 1.00. The van der Waals surface area contributed by atoms with E-state index in [1.807, 2.05) is 0 Å². The van der Waals surface area contributed by atoms with Crippen LogP contribution < -0.4 is 4.90 Å². The Morgan fingerprint density at radius 1 is 1.33 bits per heavy atom. The van der Waals surface area contributed by atoms with Crippen LogP contribution in [0.5, 0.6) is 0 Å². The van der Waals surface area contributed by atoms with E-state index in [9.17, 15) is 0 Å². The van der Waals surface area contributed by atoms with Gasteiger partial charge in [0.2, 0.25) is 0 Å². The van der Waals surface area contributed by atoms with E-state index in [4.69, 9.17) is 0 Å². The minimum absolute atomic E-state index is 1.00. The molecule has 1 fully saturated rings. The first-order valence-electron chi connectivity index (χ1n) is 5.29. The fraction of sp³-hybridized carbons (Fsp3) is 0.700. The SMILES string of the molecule is CCc1nc(N2CCN(C)CC2)sc1Br. The molecule has 1 aliphatic rings. The Kier molecular flexibility index (Phi) is 3.64. The summed E-state index contributed by atoms with van der Waals surface area (Å²) in [5, 5.41) is 1.17. The Morgan fingerprint density at radius 2 is 2.00 bits per heavy atom. The standard InChI is InChI=1S/C10H16BrN3S/c1-3-8-9(11)15-10(12-8)14-6-4-13(2)5-7-14/h3-7H2,1-2H3. The maximum absolute atomic E-state index is 4.66. The molecule has 0 spiro atoms. The molecule has 1 aromatic rings. The second-order valence-corrected chi connectivity index (χ2v) is 6.16. The van der Waals surface area contributed by atoms with Gasteiger partial charge in [-0.15, -0.1) is 0 Å². The number of anilines is 1. The molecule has 0 aliphatic carbocycles. The Balaban J connectivity index is 2.09. The van der Waals surface area contributed by atoms with Gasteiger partial charge in [-0.05, 0) is 29.4 Å². The number of hydrogen-bond donors (Lipinski definition) is 0. The number of piperazine rings is 1. The van der Waals surface area contributed by atoms with Crippen LogP contribution in [0.1, 0.15) is 12.6 Å². The summed E-state index contributed by atoms with van der Waals surface area (Å²) in [5.41, 5.74) is 1.19. The second kappa shape index (κ2) is 4.80. The number of halogens is 1. The van der Waals surface area contributed by atoms with Crippen LogP contribution in [-0.2, 0) is 6.42 Å². The Hall–Kier alpha value is -0.130. The van der Waals surface area contributed by atoms with Gasteiger partial charge >= 0.3 is 0 Å². The van der Waals surface area contributed by atoms with Crippen LogP contribution in [0.3, 0.4) is 0 Å². The van der Waals surface area contributed by atoms with Crippen molar-refractivity contribution in [2.24, 2.45) is 0 Å². The molecule has 1 saturated heterocycles. The van der Waals surface area contributed by atoms with Crippen molar-refractivity contribution < 1.29 is 0 Å². The average molecular weight is 290 g/mol. The van der Waals surface area contributed by atoms with Crippen LogP contribution in [0.2, 0.25) is 0 Å². The zero-order chi connectivity index (χ0) is 10.8. The van der Waals surface area contributed by atoms with Crippen molar-refractivity contribution in [1.82, 2.24) is 9.88 Å². The maximum atomic E-state index is 4.66. The summed E-state index contributed by atoms with van der Waals surface area (Å²) in [7, 11) is 2.17. The van der Waals surface area contributed by atoms with Gasteiger partial charge in [0, 0.05) is 26.2 Å². The predicted molar refractivity (Wildman–Crippen MR) is 68.9 cm³/mol. The number of thiazole rings is 1. The molecule has 84 valence electrons. The van der Waals surface area contributed by atoms with Crippen molar-refractivity contribution in [3.05, 3.63) is 9.48 Å². The van der Waals surface area contributed by atoms with Gasteiger partial charge in [-0.25, -0.2) is 4.98 Å². The summed E-state index contributed by atoms with van der Waals surface area (Å²) < 4.78 is 1.19. The third-order valence-electron chi connectivity index (χ3n) is 2.75. The third kappa shape index (κ3) is 2.52. The van der Waals surface area contributed by atoms with Crippen molar-refractivity contribution in [1.29, 1.82) is 0 Å². The smallest absolute Gasteiger partial charge is 0.186 e. The summed E-state index contributed by atoms with van der Waals surface area (Å²) in [5.74, 6) is 0. The molecular weight excluding hydrogens is 274 g/mol. The fourth-order valence-electron chi connectivity index (χ4n) is 1.67. The van der Waals surface area contributed by atoms with Gasteiger partial charge in [0.15, 0.2) is 5.13 Å². The first-order chi connectivity index (χ1) is 7.20. The molecule has 0 atom stereocenters. The number of rotatable bonds is 2. The quantitative estimate of drug-likeness (QED) is 0.832. The van der Waals surface area contributed by atoms with Gasteiger partial charge in [-0.3, -0.25) is 0 Å². The van der Waals surface area contributed by atoms with Crippen LogP contribution in [0.25, 0.3) is 0 Å². The minimum Gasteiger partial charge on any atom is -0.345 e. The molecule has 0 aromatic carbocycles. The molecule has 3 nitrogen and oxygen atoms in total. The van der Waals surface area contributed by atoms with E-state index < -0.39 is 0 Å². The molecule has 0 N–H and O–H groups in total. The second-order valence-electron chi connectivity index (χ2n) is 3.86. The van der Waals surface area contributed by atoms with Crippen LogP contribution in [0.4, 0.5) is 5.13 Å². The Labute approximate surface area is 103 Å². The lowest BCUT2D eigenvalue weighted by Crippen LogP contribution is -2.44. The van der Waals surface area contributed by atoms with Gasteiger partial charge in [-0.1, -0.05) is 18.3 Å². The molecule has 0 amide bonds. The Morgan fingerprint density at radius 3 is 2.53 bits per heavy atom. The van der Waals surface area contributed by atoms with Gasteiger partial charge in [0.25, 0.3) is 0 Å². The fourth-order valence-corrected chi connectivity index (χ4v) is 3.41. The van der Waals surface area contributed by atoms with Crippen LogP contribution in [-0.4, -0.2) is 43.1 Å². The zero-order valence-electron chi connectivity index (χ0n) is 9.16. The summed E-state index contributed by atoms with van der Waals surface area (Å²) in [6, 6.07) is 0. The van der Waals surface area contributed by atoms with Crippen molar-refractivity contribution in [2.45, 2.75) is 13.3 Å². The van der Waals surface area contributed by atoms with E-state index in [2.05, 4.69) is 44.7 Å². The van der Waals surface area contributed by atoms with Gasteiger partial charge in [0.1, 0.15) is 0 Å². The molecular formula is C10H16BrN3S. The van der Waals surface area contributed by atoms with Gasteiger partial charge < -0.3 is 9.80 Å². The van der Waals surface area contributed by atoms with E-state index in [0.29, 0.717) is 0 Å². The molecule has 0 bridgehead atoms. The highest BCUT2D eigenvalue weighted by atomic mass is 79.9. The number of nitrogens with zero attached hydrogens (tertiary/aromatic N) is 3. The molecule has 0 radical (unpaired) electrons. The van der Waals surface area contributed by atoms with E-state index >= 15 is 0 Å². The lowest BCUT2D eigenvalue weighted by molar-refractivity contribution is 0.312. The molecule has 0 saturated carbocycles. The number of likely N-dealkylation sites (N-methyl/N-ethyl adjacent to an activating group) is 1. The van der Waals surface area contributed by atoms with Gasteiger partial charge in [0.05, 0.1) is 9.48 Å². The van der Waals surface area contributed by atoms with E-state index in [1.54, 1.807) is 11.3 Å². The first kappa shape index (κ1) is 11.4. The molecule has 2 rings (SSSR count). The topological polar surface area (TPSA) is 19.4 Å². The zero-order valence-corrected chi connectivity index (χ0v) is 11.6. The normalized spacial score (nSPS) is 18.5. The lowest BCUT2D eigenvalue weighted by Gasteiger charge is -2.32. The van der Waals surface area contributed by atoms with Crippen molar-refractivity contribution in [3.8, 4) is 0 Å². The molecule has 1 aromatic heterocycles. The van der Waals surface area contributed by atoms with E-state index in [-0.39, 0.29) is 0 Å². The molecule has 5 heteroatoms. The largest absolute Gasteiger partial charge is 0.345 e. The summed E-state index contributed by atoms with van der Waals surface area (Å²) >= 11 is 5.33. The first-order valence-corrected chi connectivity index (χ1v) is 6.90. The van der Waals surface area contributed by atoms with Gasteiger partial charge in [-0.2, -0.15) is 0 Å². The monoisotopic (exact) mass is 289 g/mol. The Bertz CT molecular complexity index is 331. The van der Waals surface area contributed by atoms with Crippen molar-refractivity contribution in [3.63, 3.8) is 0 Å². The predicted octanol–water partition coefficient (Wildman–Crippen LogP) is 2.22. The average Bonchev–Trinajstić information content (AvgIpc) is 2.61. The highest BCUT2D eigenvalue weighted by molar-refractivity contribution is 9.11. The van der Waals surface area contributed by atoms with Crippen LogP contribution >= 0.6 is 27.3 Å². The van der Waals surface area contributed by atoms with Crippen molar-refractivity contribution in [2.75, 3.05) is 38.1 Å². The number of aromatic nitrogens is 1. The van der Waals surface area contributed by atoms with E-state index in [1.165, 1.54) is 14.6 Å². The molecule has 15 heavy (non-hydrogen) atoms. The molecule has 1 aliphatic heterocycles. The maximum Gasteiger partial charge on any atom is 0.186 e. The third-order valence-corrected chi connectivity index (χ3v) is 4.64. The number of aryl methyl sites for hydroxylation is 1. The van der Waals surface area contributed by atoms with Crippen LogP contribution in [0.15, 0.2) is 3.79 Å². The lowest BCUT2D eigenvalue weighted by atomic mass is 10.3. The molecule has 0 unspecified atom stereocenters.